The highest BCUT2D eigenvalue weighted by atomic mass is 16.5. The quantitative estimate of drug-likeness (QED) is 0.848. The first-order valence-electron chi connectivity index (χ1n) is 8.31. The van der Waals surface area contributed by atoms with Gasteiger partial charge in [0.2, 0.25) is 5.91 Å². The number of likely N-dealkylation sites (N-methyl/N-ethyl adjacent to an activating group) is 1. The molecule has 1 heterocycles. The van der Waals surface area contributed by atoms with Gasteiger partial charge in [-0.05, 0) is 18.2 Å². The molecule has 0 saturated carbocycles. The number of amides is 1. The third-order valence-electron chi connectivity index (χ3n) is 4.52. The molecule has 2 aromatic carbocycles. The van der Waals surface area contributed by atoms with Crippen molar-refractivity contribution >= 4 is 23.0 Å². The number of anilines is 2. The average molecular weight is 353 g/mol. The second kappa shape index (κ2) is 7.07. The molecular weight excluding hydrogens is 330 g/mol. The van der Waals surface area contributed by atoms with Crippen LogP contribution in [0, 0.1) is 0 Å². The maximum absolute atomic E-state index is 12.4. The number of ether oxygens (including phenoxy) is 2. The lowest BCUT2D eigenvalue weighted by Gasteiger charge is -2.20. The van der Waals surface area contributed by atoms with Crippen LogP contribution in [0.3, 0.4) is 0 Å². The van der Waals surface area contributed by atoms with Crippen LogP contribution in [-0.2, 0) is 4.79 Å². The van der Waals surface area contributed by atoms with Crippen LogP contribution in [0.25, 0.3) is 0 Å². The van der Waals surface area contributed by atoms with E-state index < -0.39 is 0 Å². The highest BCUT2D eigenvalue weighted by Crippen LogP contribution is 2.37. The van der Waals surface area contributed by atoms with Gasteiger partial charge >= 0.3 is 0 Å². The SMILES string of the molecule is COc1cc2c(cc1OC)N(C)C(=O)CN=C2c1ccc(N(C)C)cc1. The largest absolute Gasteiger partial charge is 0.493 e. The molecule has 0 atom stereocenters. The first-order chi connectivity index (χ1) is 12.5. The van der Waals surface area contributed by atoms with E-state index in [9.17, 15) is 4.79 Å². The molecule has 3 rings (SSSR count). The number of carbonyl (C=O) groups excluding carboxylic acids is 1. The zero-order valence-electron chi connectivity index (χ0n) is 15.7. The van der Waals surface area contributed by atoms with E-state index in [4.69, 9.17) is 9.47 Å². The van der Waals surface area contributed by atoms with Gasteiger partial charge in [-0.3, -0.25) is 9.79 Å². The molecule has 136 valence electrons. The van der Waals surface area contributed by atoms with Crippen molar-refractivity contribution in [2.45, 2.75) is 0 Å². The fourth-order valence-electron chi connectivity index (χ4n) is 2.97. The zero-order chi connectivity index (χ0) is 18.8. The normalized spacial score (nSPS) is 13.7. The molecule has 1 aliphatic heterocycles. The van der Waals surface area contributed by atoms with Gasteiger partial charge in [-0.1, -0.05) is 12.1 Å². The standard InChI is InChI=1S/C20H23N3O3/c1-22(2)14-8-6-13(7-9-14)20-15-10-17(25-4)18(26-5)11-16(15)23(3)19(24)12-21-20/h6-11H,12H2,1-5H3. The van der Waals surface area contributed by atoms with Crippen LogP contribution in [0.2, 0.25) is 0 Å². The molecule has 6 nitrogen and oxygen atoms in total. The number of hydrogen-bond acceptors (Lipinski definition) is 5. The van der Waals surface area contributed by atoms with Gasteiger partial charge in [0.05, 0.1) is 25.6 Å². The van der Waals surface area contributed by atoms with Gasteiger partial charge in [0.15, 0.2) is 11.5 Å². The van der Waals surface area contributed by atoms with Crippen molar-refractivity contribution in [3.05, 3.63) is 47.5 Å². The summed E-state index contributed by atoms with van der Waals surface area (Å²) < 4.78 is 10.9. The van der Waals surface area contributed by atoms with Crippen molar-refractivity contribution in [2.24, 2.45) is 4.99 Å². The summed E-state index contributed by atoms with van der Waals surface area (Å²) in [5.41, 5.74) is 4.41. The molecular formula is C20H23N3O3. The Kier molecular flexibility index (Phi) is 4.84. The van der Waals surface area contributed by atoms with E-state index in [0.29, 0.717) is 11.5 Å². The van der Waals surface area contributed by atoms with E-state index in [1.165, 1.54) is 0 Å². The minimum Gasteiger partial charge on any atom is -0.493 e. The molecule has 2 aromatic rings. The fourth-order valence-corrected chi connectivity index (χ4v) is 2.97. The molecule has 0 radical (unpaired) electrons. The number of carbonyl (C=O) groups is 1. The number of hydrogen-bond donors (Lipinski definition) is 0. The van der Waals surface area contributed by atoms with Gasteiger partial charge in [0.1, 0.15) is 6.54 Å². The van der Waals surface area contributed by atoms with Crippen molar-refractivity contribution in [2.75, 3.05) is 51.7 Å². The lowest BCUT2D eigenvalue weighted by Crippen LogP contribution is -2.27. The molecule has 0 aromatic heterocycles. The van der Waals surface area contributed by atoms with E-state index in [1.807, 2.05) is 55.4 Å². The summed E-state index contributed by atoms with van der Waals surface area (Å²) in [6, 6.07) is 11.8. The Labute approximate surface area is 153 Å². The maximum atomic E-state index is 12.4. The Morgan fingerprint density at radius 3 is 2.23 bits per heavy atom. The monoisotopic (exact) mass is 353 g/mol. The molecule has 0 saturated heterocycles. The van der Waals surface area contributed by atoms with Gasteiger partial charge < -0.3 is 19.3 Å². The first-order valence-corrected chi connectivity index (χ1v) is 8.31. The molecule has 0 fully saturated rings. The van der Waals surface area contributed by atoms with Crippen LogP contribution < -0.4 is 19.3 Å². The first kappa shape index (κ1) is 17.8. The summed E-state index contributed by atoms with van der Waals surface area (Å²) in [6.07, 6.45) is 0. The van der Waals surface area contributed by atoms with E-state index in [2.05, 4.69) is 4.99 Å². The van der Waals surface area contributed by atoms with Crippen LogP contribution in [0.5, 0.6) is 11.5 Å². The average Bonchev–Trinajstić information content (AvgIpc) is 2.78. The molecule has 1 amide bonds. The van der Waals surface area contributed by atoms with Crippen molar-refractivity contribution in [3.8, 4) is 11.5 Å². The van der Waals surface area contributed by atoms with Crippen LogP contribution in [0.4, 0.5) is 11.4 Å². The van der Waals surface area contributed by atoms with Crippen molar-refractivity contribution in [1.29, 1.82) is 0 Å². The summed E-state index contributed by atoms with van der Waals surface area (Å²) in [4.78, 5) is 20.6. The number of methoxy groups -OCH3 is 2. The lowest BCUT2D eigenvalue weighted by atomic mass is 9.99. The highest BCUT2D eigenvalue weighted by Gasteiger charge is 2.25. The Balaban J connectivity index is 2.18. The van der Waals surface area contributed by atoms with Crippen LogP contribution in [0.15, 0.2) is 41.4 Å². The molecule has 0 unspecified atom stereocenters. The molecule has 26 heavy (non-hydrogen) atoms. The molecule has 0 bridgehead atoms. The van der Waals surface area contributed by atoms with E-state index in [0.717, 1.165) is 28.2 Å². The van der Waals surface area contributed by atoms with Crippen LogP contribution >= 0.6 is 0 Å². The maximum Gasteiger partial charge on any atom is 0.248 e. The third kappa shape index (κ3) is 3.10. The molecule has 0 aliphatic carbocycles. The molecule has 6 heteroatoms. The fraction of sp³-hybridized carbons (Fsp3) is 0.300. The van der Waals surface area contributed by atoms with E-state index in [1.54, 1.807) is 26.2 Å². The van der Waals surface area contributed by atoms with Crippen molar-refractivity contribution < 1.29 is 14.3 Å². The van der Waals surface area contributed by atoms with Crippen molar-refractivity contribution in [1.82, 2.24) is 0 Å². The smallest absolute Gasteiger partial charge is 0.248 e. The summed E-state index contributed by atoms with van der Waals surface area (Å²) in [5.74, 6) is 1.11. The van der Waals surface area contributed by atoms with Crippen LogP contribution in [0.1, 0.15) is 11.1 Å². The highest BCUT2D eigenvalue weighted by molar-refractivity contribution is 6.20. The Hall–Kier alpha value is -3.02. The second-order valence-electron chi connectivity index (χ2n) is 6.28. The van der Waals surface area contributed by atoms with E-state index in [-0.39, 0.29) is 12.5 Å². The van der Waals surface area contributed by atoms with Gasteiger partial charge in [-0.2, -0.15) is 0 Å². The Bertz CT molecular complexity index is 857. The van der Waals surface area contributed by atoms with Crippen LogP contribution in [-0.4, -0.2) is 53.5 Å². The minimum absolute atomic E-state index is 0.0709. The Morgan fingerprint density at radius 1 is 1.04 bits per heavy atom. The third-order valence-corrected chi connectivity index (χ3v) is 4.52. The van der Waals surface area contributed by atoms with Gasteiger partial charge in [0, 0.05) is 44.0 Å². The number of nitrogens with zero attached hydrogens (tertiary/aromatic N) is 3. The summed E-state index contributed by atoms with van der Waals surface area (Å²) in [7, 11) is 8.92. The number of rotatable bonds is 4. The topological polar surface area (TPSA) is 54.4 Å². The number of benzene rings is 2. The van der Waals surface area contributed by atoms with Gasteiger partial charge in [0.25, 0.3) is 0 Å². The summed E-state index contributed by atoms with van der Waals surface area (Å²) in [6.45, 7) is 0.0978. The minimum atomic E-state index is -0.0709. The van der Waals surface area contributed by atoms with Gasteiger partial charge in [-0.15, -0.1) is 0 Å². The van der Waals surface area contributed by atoms with E-state index >= 15 is 0 Å². The summed E-state index contributed by atoms with van der Waals surface area (Å²) >= 11 is 0. The number of aliphatic imine (C=N–C) groups is 1. The molecule has 1 aliphatic rings. The molecule has 0 spiro atoms. The van der Waals surface area contributed by atoms with Crippen molar-refractivity contribution in [3.63, 3.8) is 0 Å². The predicted octanol–water partition coefficient (Wildman–Crippen LogP) is 2.58. The van der Waals surface area contributed by atoms with Gasteiger partial charge in [-0.25, -0.2) is 0 Å². The Morgan fingerprint density at radius 2 is 1.65 bits per heavy atom. The number of benzodiazepines with no additional fused rings is 1. The number of fused-ring (bicyclic) bond motifs is 1. The predicted molar refractivity (Wildman–Crippen MR) is 104 cm³/mol. The lowest BCUT2D eigenvalue weighted by molar-refractivity contribution is -0.116. The molecule has 0 N–H and O–H groups in total. The second-order valence-corrected chi connectivity index (χ2v) is 6.28. The zero-order valence-corrected chi connectivity index (χ0v) is 15.7. The summed E-state index contributed by atoms with van der Waals surface area (Å²) in [5, 5.41) is 0.